The van der Waals surface area contributed by atoms with Crippen LogP contribution in [0.15, 0.2) is 53.4 Å². The van der Waals surface area contributed by atoms with E-state index in [1.807, 2.05) is 11.0 Å². The number of nitrogens with one attached hydrogen (secondary N) is 1. The Morgan fingerprint density at radius 3 is 2.33 bits per heavy atom. The predicted octanol–water partition coefficient (Wildman–Crippen LogP) is 1.93. The molecular formula is C19H24FN3O3S. The second kappa shape index (κ2) is 8.69. The van der Waals surface area contributed by atoms with Crippen molar-refractivity contribution in [2.45, 2.75) is 4.90 Å². The van der Waals surface area contributed by atoms with Crippen molar-refractivity contribution >= 4 is 15.7 Å². The first-order valence-electron chi connectivity index (χ1n) is 8.85. The number of piperazine rings is 1. The summed E-state index contributed by atoms with van der Waals surface area (Å²) in [7, 11) is -2.00. The zero-order valence-corrected chi connectivity index (χ0v) is 16.1. The number of ether oxygens (including phenoxy) is 1. The zero-order valence-electron chi connectivity index (χ0n) is 15.3. The second-order valence-corrected chi connectivity index (χ2v) is 8.12. The molecule has 0 amide bonds. The van der Waals surface area contributed by atoms with Gasteiger partial charge < -0.3 is 9.64 Å². The standard InChI is InChI=1S/C19H24FN3O3S/c1-26-16-6-8-17(9-7-16)27(24,25)21-10-11-22-12-14-23(15-13-22)19-5-3-2-4-18(19)20/h2-9,21H,10-15H2,1H3. The summed E-state index contributed by atoms with van der Waals surface area (Å²) in [4.78, 5) is 4.41. The normalized spacial score (nSPS) is 15.7. The topological polar surface area (TPSA) is 61.9 Å². The number of para-hydroxylation sites is 1. The van der Waals surface area contributed by atoms with E-state index in [1.54, 1.807) is 24.3 Å². The van der Waals surface area contributed by atoms with Crippen molar-refractivity contribution in [3.05, 3.63) is 54.3 Å². The quantitative estimate of drug-likeness (QED) is 0.779. The van der Waals surface area contributed by atoms with E-state index in [2.05, 4.69) is 9.62 Å². The number of benzene rings is 2. The third-order valence-corrected chi connectivity index (χ3v) is 6.13. The number of nitrogens with zero attached hydrogens (tertiary/aromatic N) is 2. The fourth-order valence-electron chi connectivity index (χ4n) is 3.10. The molecule has 0 radical (unpaired) electrons. The molecule has 27 heavy (non-hydrogen) atoms. The number of halogens is 1. The van der Waals surface area contributed by atoms with Gasteiger partial charge in [0.05, 0.1) is 17.7 Å². The minimum atomic E-state index is -3.54. The molecular weight excluding hydrogens is 369 g/mol. The lowest BCUT2D eigenvalue weighted by atomic mass is 10.2. The van der Waals surface area contributed by atoms with Crippen LogP contribution in [0.1, 0.15) is 0 Å². The molecule has 0 saturated carbocycles. The van der Waals surface area contributed by atoms with Crippen molar-refractivity contribution in [1.82, 2.24) is 9.62 Å². The molecule has 0 aliphatic carbocycles. The predicted molar refractivity (Wildman–Crippen MR) is 103 cm³/mol. The molecule has 1 N–H and O–H groups in total. The van der Waals surface area contributed by atoms with Crippen LogP contribution in [-0.2, 0) is 10.0 Å². The van der Waals surface area contributed by atoms with Gasteiger partial charge in [0.25, 0.3) is 0 Å². The highest BCUT2D eigenvalue weighted by atomic mass is 32.2. The van der Waals surface area contributed by atoms with Crippen LogP contribution in [0.2, 0.25) is 0 Å². The molecule has 1 aliphatic rings. The highest BCUT2D eigenvalue weighted by molar-refractivity contribution is 7.89. The van der Waals surface area contributed by atoms with E-state index in [1.165, 1.54) is 25.3 Å². The Kier molecular flexibility index (Phi) is 6.30. The van der Waals surface area contributed by atoms with Crippen LogP contribution in [0.5, 0.6) is 5.75 Å². The van der Waals surface area contributed by atoms with E-state index in [-0.39, 0.29) is 10.7 Å². The molecule has 0 aromatic heterocycles. The van der Waals surface area contributed by atoms with Gasteiger partial charge in [-0.3, -0.25) is 4.90 Å². The van der Waals surface area contributed by atoms with Gasteiger partial charge in [0.1, 0.15) is 11.6 Å². The summed E-state index contributed by atoms with van der Waals surface area (Å²) in [6, 6.07) is 13.1. The lowest BCUT2D eigenvalue weighted by Crippen LogP contribution is -2.48. The van der Waals surface area contributed by atoms with Crippen LogP contribution in [0.3, 0.4) is 0 Å². The largest absolute Gasteiger partial charge is 0.497 e. The maximum atomic E-state index is 13.9. The molecule has 2 aromatic carbocycles. The van der Waals surface area contributed by atoms with E-state index in [9.17, 15) is 12.8 Å². The first-order valence-corrected chi connectivity index (χ1v) is 10.3. The summed E-state index contributed by atoms with van der Waals surface area (Å²) in [5, 5.41) is 0. The number of rotatable bonds is 7. The van der Waals surface area contributed by atoms with Crippen molar-refractivity contribution in [2.75, 3.05) is 51.3 Å². The highest BCUT2D eigenvalue weighted by Crippen LogP contribution is 2.20. The van der Waals surface area contributed by atoms with Gasteiger partial charge in [0, 0.05) is 39.3 Å². The molecule has 0 bridgehead atoms. The van der Waals surface area contributed by atoms with Crippen molar-refractivity contribution in [3.8, 4) is 5.75 Å². The lowest BCUT2D eigenvalue weighted by molar-refractivity contribution is 0.261. The van der Waals surface area contributed by atoms with E-state index in [4.69, 9.17) is 4.74 Å². The Morgan fingerprint density at radius 2 is 1.70 bits per heavy atom. The first-order chi connectivity index (χ1) is 13.0. The van der Waals surface area contributed by atoms with Crippen molar-refractivity contribution < 1.29 is 17.5 Å². The molecule has 1 fully saturated rings. The summed E-state index contributed by atoms with van der Waals surface area (Å²) in [5.41, 5.74) is 0.623. The van der Waals surface area contributed by atoms with Gasteiger partial charge in [-0.25, -0.2) is 17.5 Å². The van der Waals surface area contributed by atoms with Crippen LogP contribution in [0.4, 0.5) is 10.1 Å². The number of hydrogen-bond donors (Lipinski definition) is 1. The molecule has 1 heterocycles. The fraction of sp³-hybridized carbons (Fsp3) is 0.368. The number of anilines is 1. The van der Waals surface area contributed by atoms with Gasteiger partial charge in [0.15, 0.2) is 0 Å². The lowest BCUT2D eigenvalue weighted by Gasteiger charge is -2.36. The average Bonchev–Trinajstić information content (AvgIpc) is 2.69. The Bertz CT molecular complexity index is 851. The van der Waals surface area contributed by atoms with Gasteiger partial charge >= 0.3 is 0 Å². The van der Waals surface area contributed by atoms with E-state index < -0.39 is 10.0 Å². The number of hydrogen-bond acceptors (Lipinski definition) is 5. The minimum absolute atomic E-state index is 0.210. The summed E-state index contributed by atoms with van der Waals surface area (Å²) in [5.74, 6) is 0.403. The molecule has 1 saturated heterocycles. The first kappa shape index (κ1) is 19.6. The molecule has 0 spiro atoms. The summed E-state index contributed by atoms with van der Waals surface area (Å²) in [6.45, 7) is 3.89. The Hall–Kier alpha value is -2.16. The second-order valence-electron chi connectivity index (χ2n) is 6.35. The molecule has 146 valence electrons. The third-order valence-electron chi connectivity index (χ3n) is 4.66. The summed E-state index contributed by atoms with van der Waals surface area (Å²) >= 11 is 0. The van der Waals surface area contributed by atoms with Crippen LogP contribution in [0, 0.1) is 5.82 Å². The van der Waals surface area contributed by atoms with Gasteiger partial charge in [0.2, 0.25) is 10.0 Å². The smallest absolute Gasteiger partial charge is 0.240 e. The highest BCUT2D eigenvalue weighted by Gasteiger charge is 2.20. The molecule has 3 rings (SSSR count). The van der Waals surface area contributed by atoms with E-state index in [0.717, 1.165) is 13.1 Å². The van der Waals surface area contributed by atoms with Crippen molar-refractivity contribution in [1.29, 1.82) is 0 Å². The van der Waals surface area contributed by atoms with Crippen LogP contribution in [-0.4, -0.2) is 59.7 Å². The molecule has 0 unspecified atom stereocenters. The van der Waals surface area contributed by atoms with Gasteiger partial charge in [-0.05, 0) is 36.4 Å². The van der Waals surface area contributed by atoms with Crippen LogP contribution < -0.4 is 14.4 Å². The fourth-order valence-corrected chi connectivity index (χ4v) is 4.12. The maximum absolute atomic E-state index is 13.9. The van der Waals surface area contributed by atoms with Crippen molar-refractivity contribution in [2.24, 2.45) is 0 Å². The molecule has 6 nitrogen and oxygen atoms in total. The average molecular weight is 393 g/mol. The molecule has 1 aliphatic heterocycles. The third kappa shape index (κ3) is 4.97. The van der Waals surface area contributed by atoms with Crippen molar-refractivity contribution in [3.63, 3.8) is 0 Å². The monoisotopic (exact) mass is 393 g/mol. The van der Waals surface area contributed by atoms with Crippen LogP contribution >= 0.6 is 0 Å². The Morgan fingerprint density at radius 1 is 1.04 bits per heavy atom. The zero-order chi connectivity index (χ0) is 19.3. The van der Waals surface area contributed by atoms with Gasteiger partial charge in [-0.15, -0.1) is 0 Å². The van der Waals surface area contributed by atoms with E-state index in [0.29, 0.717) is 37.6 Å². The molecule has 0 atom stereocenters. The SMILES string of the molecule is COc1ccc(S(=O)(=O)NCCN2CCN(c3ccccc3F)CC2)cc1. The Balaban J connectivity index is 1.46. The van der Waals surface area contributed by atoms with Crippen LogP contribution in [0.25, 0.3) is 0 Å². The Labute approximate surface area is 159 Å². The van der Waals surface area contributed by atoms with E-state index >= 15 is 0 Å². The van der Waals surface area contributed by atoms with Gasteiger partial charge in [-0.2, -0.15) is 0 Å². The maximum Gasteiger partial charge on any atom is 0.240 e. The number of methoxy groups -OCH3 is 1. The number of sulfonamides is 1. The summed E-state index contributed by atoms with van der Waals surface area (Å²) in [6.07, 6.45) is 0. The van der Waals surface area contributed by atoms with Gasteiger partial charge in [-0.1, -0.05) is 12.1 Å². The molecule has 8 heteroatoms. The minimum Gasteiger partial charge on any atom is -0.497 e. The molecule has 2 aromatic rings. The summed E-state index contributed by atoms with van der Waals surface area (Å²) < 4.78 is 46.2.